The van der Waals surface area contributed by atoms with E-state index in [0.717, 1.165) is 31.2 Å². The van der Waals surface area contributed by atoms with Crippen molar-refractivity contribution < 1.29 is 9.13 Å². The van der Waals surface area contributed by atoms with Crippen molar-refractivity contribution in [1.29, 1.82) is 0 Å². The van der Waals surface area contributed by atoms with E-state index in [9.17, 15) is 4.39 Å². The van der Waals surface area contributed by atoms with Gasteiger partial charge in [-0.15, -0.1) is 24.0 Å². The van der Waals surface area contributed by atoms with Crippen LogP contribution in [-0.4, -0.2) is 56.9 Å². The summed E-state index contributed by atoms with van der Waals surface area (Å²) in [5.74, 6) is 1.85. The van der Waals surface area contributed by atoms with Gasteiger partial charge >= 0.3 is 0 Å². The van der Waals surface area contributed by atoms with Crippen LogP contribution in [-0.2, 0) is 11.3 Å². The summed E-state index contributed by atoms with van der Waals surface area (Å²) in [6.45, 7) is 4.27. The van der Waals surface area contributed by atoms with E-state index in [2.05, 4.69) is 15.6 Å². The first-order valence-electron chi connectivity index (χ1n) is 8.93. The number of halogens is 2. The molecule has 2 N–H and O–H groups in total. The summed E-state index contributed by atoms with van der Waals surface area (Å²) in [6, 6.07) is 5.45. The summed E-state index contributed by atoms with van der Waals surface area (Å²) in [5, 5.41) is 7.30. The minimum absolute atomic E-state index is 0. The Hall–Kier alpha value is -0.740. The van der Waals surface area contributed by atoms with Gasteiger partial charge in [0, 0.05) is 38.5 Å². The Kier molecular flexibility index (Phi) is 9.27. The molecule has 3 rings (SSSR count). The van der Waals surface area contributed by atoms with Crippen molar-refractivity contribution >= 4 is 47.4 Å². The van der Waals surface area contributed by atoms with Crippen LogP contribution in [0.25, 0.3) is 0 Å². The topological polar surface area (TPSA) is 48.9 Å². The van der Waals surface area contributed by atoms with E-state index in [1.165, 1.54) is 18.6 Å². The summed E-state index contributed by atoms with van der Waals surface area (Å²) in [4.78, 5) is 6.28. The Morgan fingerprint density at radius 3 is 2.81 bits per heavy atom. The molecule has 0 aromatic heterocycles. The first-order valence-corrected chi connectivity index (χ1v) is 9.98. The quantitative estimate of drug-likeness (QED) is 0.375. The molecular weight excluding hydrogens is 466 g/mol. The van der Waals surface area contributed by atoms with Gasteiger partial charge in [-0.1, -0.05) is 6.07 Å². The van der Waals surface area contributed by atoms with Crippen LogP contribution in [0.5, 0.6) is 0 Å². The Morgan fingerprint density at radius 2 is 2.15 bits per heavy atom. The van der Waals surface area contributed by atoms with E-state index in [1.807, 2.05) is 28.8 Å². The lowest BCUT2D eigenvalue weighted by atomic mass is 10.1. The minimum Gasteiger partial charge on any atom is -0.378 e. The van der Waals surface area contributed by atoms with Crippen LogP contribution in [0.1, 0.15) is 18.4 Å². The maximum Gasteiger partial charge on any atom is 0.191 e. The number of rotatable bonds is 5. The molecule has 8 heteroatoms. The highest BCUT2D eigenvalue weighted by atomic mass is 127. The predicted octanol–water partition coefficient (Wildman–Crippen LogP) is 2.84. The average molecular weight is 494 g/mol. The van der Waals surface area contributed by atoms with Crippen LogP contribution in [0, 0.1) is 5.82 Å². The fraction of sp³-hybridized carbons (Fsp3) is 0.611. The van der Waals surface area contributed by atoms with Gasteiger partial charge in [-0.25, -0.2) is 4.39 Å². The second-order valence-electron chi connectivity index (χ2n) is 6.33. The summed E-state index contributed by atoms with van der Waals surface area (Å²) in [5.41, 5.74) is 1.57. The maximum atomic E-state index is 14.4. The summed E-state index contributed by atoms with van der Waals surface area (Å²) < 4.78 is 19.8. The summed E-state index contributed by atoms with van der Waals surface area (Å²) in [7, 11) is 1.76. The van der Waals surface area contributed by atoms with Gasteiger partial charge in [-0.2, -0.15) is 11.8 Å². The van der Waals surface area contributed by atoms with Crippen molar-refractivity contribution in [3.63, 3.8) is 0 Å². The standard InChI is InChI=1S/C18H27FN4OS.HI/c1-20-18(22-13-15-3-2-10-25-15)21-12-14-4-5-17(16(19)11-14)23-6-8-24-9-7-23;/h4-5,11,15H,2-3,6-10,12-13H2,1H3,(H2,20,21,22);1H. The molecule has 2 fully saturated rings. The van der Waals surface area contributed by atoms with Gasteiger partial charge in [0.15, 0.2) is 5.96 Å². The maximum absolute atomic E-state index is 14.4. The van der Waals surface area contributed by atoms with Crippen molar-refractivity contribution in [2.75, 3.05) is 50.5 Å². The number of anilines is 1. The molecule has 2 aliphatic rings. The van der Waals surface area contributed by atoms with Crippen molar-refractivity contribution in [3.05, 3.63) is 29.6 Å². The fourth-order valence-electron chi connectivity index (χ4n) is 3.14. The molecule has 1 aromatic rings. The van der Waals surface area contributed by atoms with Crippen LogP contribution < -0.4 is 15.5 Å². The number of nitrogens with one attached hydrogen (secondary N) is 2. The lowest BCUT2D eigenvalue weighted by molar-refractivity contribution is 0.122. The molecule has 1 unspecified atom stereocenters. The second-order valence-corrected chi connectivity index (χ2v) is 7.74. The highest BCUT2D eigenvalue weighted by Crippen LogP contribution is 2.25. The van der Waals surface area contributed by atoms with Gasteiger partial charge in [-0.3, -0.25) is 4.99 Å². The summed E-state index contributed by atoms with van der Waals surface area (Å²) in [6.07, 6.45) is 2.57. The molecule has 26 heavy (non-hydrogen) atoms. The van der Waals surface area contributed by atoms with Crippen LogP contribution in [0.4, 0.5) is 10.1 Å². The highest BCUT2D eigenvalue weighted by Gasteiger charge is 2.16. The highest BCUT2D eigenvalue weighted by molar-refractivity contribution is 14.0. The lowest BCUT2D eigenvalue weighted by Gasteiger charge is -2.29. The smallest absolute Gasteiger partial charge is 0.191 e. The van der Waals surface area contributed by atoms with Gasteiger partial charge < -0.3 is 20.3 Å². The molecule has 0 amide bonds. The third-order valence-electron chi connectivity index (χ3n) is 4.57. The summed E-state index contributed by atoms with van der Waals surface area (Å²) >= 11 is 2.02. The molecule has 2 saturated heterocycles. The monoisotopic (exact) mass is 494 g/mol. The average Bonchev–Trinajstić information content (AvgIpc) is 3.16. The Labute approximate surface area is 176 Å². The molecule has 0 bridgehead atoms. The van der Waals surface area contributed by atoms with Crippen molar-refractivity contribution in [3.8, 4) is 0 Å². The number of hydrogen-bond donors (Lipinski definition) is 2. The minimum atomic E-state index is -0.175. The number of ether oxygens (including phenoxy) is 1. The van der Waals surface area contributed by atoms with Crippen LogP contribution in [0.15, 0.2) is 23.2 Å². The van der Waals surface area contributed by atoms with E-state index in [0.29, 0.717) is 30.7 Å². The van der Waals surface area contributed by atoms with Gasteiger partial charge in [0.2, 0.25) is 0 Å². The van der Waals surface area contributed by atoms with Gasteiger partial charge in [0.25, 0.3) is 0 Å². The Bertz CT molecular complexity index is 593. The SMILES string of the molecule is CN=C(NCc1ccc(N2CCOCC2)c(F)c1)NCC1CCCS1.I. The molecule has 146 valence electrons. The number of hydrogen-bond acceptors (Lipinski definition) is 4. The number of guanidine groups is 1. The van der Waals surface area contributed by atoms with E-state index in [-0.39, 0.29) is 29.8 Å². The molecular formula is C18H28FIN4OS. The van der Waals surface area contributed by atoms with Crippen molar-refractivity contribution in [2.45, 2.75) is 24.6 Å². The largest absolute Gasteiger partial charge is 0.378 e. The Balaban J connectivity index is 0.00000243. The molecule has 2 aliphatic heterocycles. The van der Waals surface area contributed by atoms with E-state index < -0.39 is 0 Å². The molecule has 1 aromatic carbocycles. The van der Waals surface area contributed by atoms with E-state index >= 15 is 0 Å². The Morgan fingerprint density at radius 1 is 1.35 bits per heavy atom. The molecule has 0 spiro atoms. The van der Waals surface area contributed by atoms with Crippen molar-refractivity contribution in [1.82, 2.24) is 10.6 Å². The zero-order valence-corrected chi connectivity index (χ0v) is 18.3. The third kappa shape index (κ3) is 6.16. The van der Waals surface area contributed by atoms with E-state index in [1.54, 1.807) is 13.1 Å². The number of benzene rings is 1. The number of morpholine rings is 1. The molecule has 2 heterocycles. The zero-order valence-electron chi connectivity index (χ0n) is 15.2. The van der Waals surface area contributed by atoms with E-state index in [4.69, 9.17) is 4.74 Å². The van der Waals surface area contributed by atoms with Gasteiger partial charge in [-0.05, 0) is 36.3 Å². The molecule has 1 atom stereocenters. The first-order chi connectivity index (χ1) is 12.3. The normalized spacial score (nSPS) is 20.6. The molecule has 0 saturated carbocycles. The predicted molar refractivity (Wildman–Crippen MR) is 119 cm³/mol. The zero-order chi connectivity index (χ0) is 17.5. The number of aliphatic imine (C=N–C) groups is 1. The fourth-order valence-corrected chi connectivity index (χ4v) is 4.34. The second kappa shape index (κ2) is 11.2. The van der Waals surface area contributed by atoms with Crippen LogP contribution in [0.2, 0.25) is 0 Å². The van der Waals surface area contributed by atoms with Crippen LogP contribution >= 0.6 is 35.7 Å². The van der Waals surface area contributed by atoms with Gasteiger partial charge in [0.1, 0.15) is 5.82 Å². The molecule has 5 nitrogen and oxygen atoms in total. The van der Waals surface area contributed by atoms with Crippen molar-refractivity contribution in [2.24, 2.45) is 4.99 Å². The van der Waals surface area contributed by atoms with Crippen LogP contribution in [0.3, 0.4) is 0 Å². The third-order valence-corrected chi connectivity index (χ3v) is 5.97. The number of nitrogens with zero attached hydrogens (tertiary/aromatic N) is 2. The molecule has 0 aliphatic carbocycles. The van der Waals surface area contributed by atoms with Gasteiger partial charge in [0.05, 0.1) is 18.9 Å². The lowest BCUT2D eigenvalue weighted by Crippen LogP contribution is -2.39. The number of thioether (sulfide) groups is 1. The molecule has 0 radical (unpaired) electrons. The first kappa shape index (κ1) is 21.6.